The van der Waals surface area contributed by atoms with Crippen LogP contribution in [0.4, 0.5) is 5.69 Å². The zero-order valence-electron chi connectivity index (χ0n) is 15.0. The minimum absolute atomic E-state index is 0.0519. The summed E-state index contributed by atoms with van der Waals surface area (Å²) in [4.78, 5) is 41.7. The number of carbonyl (C=O) groups is 2. The van der Waals surface area contributed by atoms with Crippen molar-refractivity contribution in [2.24, 2.45) is 0 Å². The number of carboxylic acid groups (broad SMARTS) is 1. The number of anilines is 1. The van der Waals surface area contributed by atoms with Gasteiger partial charge in [0, 0.05) is 17.5 Å². The number of aryl methyl sites for hydroxylation is 2. The monoisotopic (exact) mass is 385 g/mol. The van der Waals surface area contributed by atoms with Crippen LogP contribution < -0.4 is 10.9 Å². The third-order valence-electron chi connectivity index (χ3n) is 4.20. The van der Waals surface area contributed by atoms with Gasteiger partial charge in [0.15, 0.2) is 0 Å². The molecular formula is C19H19N3O4S. The van der Waals surface area contributed by atoms with Gasteiger partial charge in [0.1, 0.15) is 17.2 Å². The van der Waals surface area contributed by atoms with Crippen molar-refractivity contribution in [2.75, 3.05) is 5.32 Å². The molecule has 2 N–H and O–H groups in total. The fraction of sp³-hybridized carbons (Fsp3) is 0.263. The zero-order valence-corrected chi connectivity index (χ0v) is 15.8. The predicted molar refractivity (Wildman–Crippen MR) is 105 cm³/mol. The van der Waals surface area contributed by atoms with Gasteiger partial charge in [-0.2, -0.15) is 0 Å². The van der Waals surface area contributed by atoms with Crippen LogP contribution in [0.2, 0.25) is 0 Å². The summed E-state index contributed by atoms with van der Waals surface area (Å²) in [6, 6.07) is 7.35. The van der Waals surface area contributed by atoms with Crippen LogP contribution in [0.15, 0.2) is 34.4 Å². The third kappa shape index (κ3) is 3.75. The van der Waals surface area contributed by atoms with Crippen LogP contribution in [0.1, 0.15) is 35.1 Å². The van der Waals surface area contributed by atoms with Crippen molar-refractivity contribution >= 4 is 39.1 Å². The van der Waals surface area contributed by atoms with Gasteiger partial charge < -0.3 is 10.4 Å². The van der Waals surface area contributed by atoms with E-state index in [1.807, 2.05) is 32.0 Å². The molecule has 3 aromatic rings. The van der Waals surface area contributed by atoms with E-state index in [-0.39, 0.29) is 23.4 Å². The molecule has 2 aromatic heterocycles. The van der Waals surface area contributed by atoms with Gasteiger partial charge in [-0.25, -0.2) is 9.78 Å². The third-order valence-corrected chi connectivity index (χ3v) is 5.07. The summed E-state index contributed by atoms with van der Waals surface area (Å²) < 4.78 is 1.28. The first-order valence-corrected chi connectivity index (χ1v) is 9.40. The highest BCUT2D eigenvalue weighted by Gasteiger charge is 2.20. The summed E-state index contributed by atoms with van der Waals surface area (Å²) in [5, 5.41) is 13.6. The van der Waals surface area contributed by atoms with Crippen LogP contribution in [0.5, 0.6) is 0 Å². The topological polar surface area (TPSA) is 101 Å². The molecule has 0 unspecified atom stereocenters. The minimum Gasteiger partial charge on any atom is -0.478 e. The first kappa shape index (κ1) is 18.8. The molecule has 0 radical (unpaired) electrons. The lowest BCUT2D eigenvalue weighted by Crippen LogP contribution is -2.31. The number of carboxylic acids is 1. The van der Waals surface area contributed by atoms with E-state index in [9.17, 15) is 19.5 Å². The maximum Gasteiger partial charge on any atom is 0.337 e. The molecule has 27 heavy (non-hydrogen) atoms. The fourth-order valence-corrected chi connectivity index (χ4v) is 3.77. The summed E-state index contributed by atoms with van der Waals surface area (Å²) in [7, 11) is 0. The number of para-hydroxylation sites is 1. The summed E-state index contributed by atoms with van der Waals surface area (Å²) >= 11 is 1.12. The highest BCUT2D eigenvalue weighted by atomic mass is 32.1. The van der Waals surface area contributed by atoms with Crippen molar-refractivity contribution in [3.05, 3.63) is 57.0 Å². The Balaban J connectivity index is 2.02. The molecule has 0 aliphatic rings. The Hall–Kier alpha value is -3.00. The maximum atomic E-state index is 13.0. The van der Waals surface area contributed by atoms with Gasteiger partial charge in [0.25, 0.3) is 5.56 Å². The molecule has 0 atom stereocenters. The standard InChI is InChI=1S/C19H19N3O4S/c1-3-6-14-21-17-16(12(10-27-17)19(25)26)18(24)22(14)9-15(23)20-13-8-5-4-7-11(13)2/h4-5,7-8,10H,3,6,9H2,1-2H3,(H,20,23)(H,25,26). The Labute approximate surface area is 159 Å². The molecule has 0 saturated heterocycles. The van der Waals surface area contributed by atoms with E-state index < -0.39 is 11.5 Å². The summed E-state index contributed by atoms with van der Waals surface area (Å²) in [5.74, 6) is -1.06. The van der Waals surface area contributed by atoms with Gasteiger partial charge in [-0.15, -0.1) is 11.3 Å². The average Bonchev–Trinajstić information content (AvgIpc) is 3.05. The van der Waals surface area contributed by atoms with Crippen LogP contribution in [0.25, 0.3) is 10.2 Å². The van der Waals surface area contributed by atoms with E-state index in [1.54, 1.807) is 6.07 Å². The largest absolute Gasteiger partial charge is 0.478 e. The van der Waals surface area contributed by atoms with Crippen molar-refractivity contribution in [3.63, 3.8) is 0 Å². The first-order chi connectivity index (χ1) is 12.9. The Morgan fingerprint density at radius 2 is 2.04 bits per heavy atom. The molecule has 0 saturated carbocycles. The van der Waals surface area contributed by atoms with E-state index >= 15 is 0 Å². The summed E-state index contributed by atoms with van der Waals surface area (Å²) in [5.41, 5.74) is 1.00. The number of nitrogens with one attached hydrogen (secondary N) is 1. The first-order valence-electron chi connectivity index (χ1n) is 8.52. The number of amides is 1. The van der Waals surface area contributed by atoms with Crippen molar-refractivity contribution in [3.8, 4) is 0 Å². The van der Waals surface area contributed by atoms with Gasteiger partial charge >= 0.3 is 5.97 Å². The Kier molecular flexibility index (Phi) is 5.36. The van der Waals surface area contributed by atoms with E-state index in [4.69, 9.17) is 0 Å². The second-order valence-electron chi connectivity index (χ2n) is 6.17. The number of hydrogen-bond donors (Lipinski definition) is 2. The normalized spacial score (nSPS) is 10.9. The zero-order chi connectivity index (χ0) is 19.6. The smallest absolute Gasteiger partial charge is 0.337 e. The highest BCUT2D eigenvalue weighted by Crippen LogP contribution is 2.22. The van der Waals surface area contributed by atoms with Gasteiger partial charge in [0.2, 0.25) is 5.91 Å². The molecule has 140 valence electrons. The molecular weight excluding hydrogens is 366 g/mol. The van der Waals surface area contributed by atoms with Crippen molar-refractivity contribution in [1.29, 1.82) is 0 Å². The molecule has 7 nitrogen and oxygen atoms in total. The molecule has 0 aliphatic heterocycles. The lowest BCUT2D eigenvalue weighted by atomic mass is 10.2. The Bertz CT molecular complexity index is 1080. The molecule has 8 heteroatoms. The van der Waals surface area contributed by atoms with Crippen LogP contribution in [0.3, 0.4) is 0 Å². The fourth-order valence-electron chi connectivity index (χ4n) is 2.85. The number of thiophene rings is 1. The van der Waals surface area contributed by atoms with Crippen LogP contribution in [-0.4, -0.2) is 26.5 Å². The molecule has 2 heterocycles. The molecule has 1 amide bonds. The van der Waals surface area contributed by atoms with Crippen molar-refractivity contribution < 1.29 is 14.7 Å². The van der Waals surface area contributed by atoms with Gasteiger partial charge in [0.05, 0.1) is 10.9 Å². The molecule has 3 rings (SSSR count). The average molecular weight is 385 g/mol. The number of carbonyl (C=O) groups excluding carboxylic acids is 1. The number of hydrogen-bond acceptors (Lipinski definition) is 5. The van der Waals surface area contributed by atoms with Crippen molar-refractivity contribution in [1.82, 2.24) is 9.55 Å². The van der Waals surface area contributed by atoms with Gasteiger partial charge in [-0.3, -0.25) is 14.2 Å². The van der Waals surface area contributed by atoms with Gasteiger partial charge in [-0.05, 0) is 25.0 Å². The lowest BCUT2D eigenvalue weighted by molar-refractivity contribution is -0.116. The summed E-state index contributed by atoms with van der Waals surface area (Å²) in [6.07, 6.45) is 1.26. The lowest BCUT2D eigenvalue weighted by Gasteiger charge is -2.13. The van der Waals surface area contributed by atoms with E-state index in [2.05, 4.69) is 10.3 Å². The number of benzene rings is 1. The Morgan fingerprint density at radius 1 is 1.30 bits per heavy atom. The minimum atomic E-state index is -1.18. The van der Waals surface area contributed by atoms with E-state index in [1.165, 1.54) is 9.95 Å². The molecule has 0 bridgehead atoms. The Morgan fingerprint density at radius 3 is 2.70 bits per heavy atom. The van der Waals surface area contributed by atoms with Crippen LogP contribution in [0, 0.1) is 6.92 Å². The van der Waals surface area contributed by atoms with Crippen molar-refractivity contribution in [2.45, 2.75) is 33.2 Å². The van der Waals surface area contributed by atoms with E-state index in [0.717, 1.165) is 23.3 Å². The SMILES string of the molecule is CCCc1nc2scc(C(=O)O)c2c(=O)n1CC(=O)Nc1ccccc1C. The molecule has 0 spiro atoms. The second-order valence-corrected chi connectivity index (χ2v) is 7.03. The van der Waals surface area contributed by atoms with Gasteiger partial charge in [-0.1, -0.05) is 25.1 Å². The number of fused-ring (bicyclic) bond motifs is 1. The van der Waals surface area contributed by atoms with Crippen LogP contribution in [-0.2, 0) is 17.8 Å². The van der Waals surface area contributed by atoms with E-state index in [0.29, 0.717) is 22.8 Å². The maximum absolute atomic E-state index is 13.0. The second kappa shape index (κ2) is 7.71. The predicted octanol–water partition coefficient (Wildman–Crippen LogP) is 3.06. The number of nitrogens with zero attached hydrogens (tertiary/aromatic N) is 2. The molecule has 1 aromatic carbocycles. The van der Waals surface area contributed by atoms with Crippen LogP contribution >= 0.6 is 11.3 Å². The molecule has 0 fully saturated rings. The number of aromatic carboxylic acids is 1. The summed E-state index contributed by atoms with van der Waals surface area (Å²) in [6.45, 7) is 3.61. The highest BCUT2D eigenvalue weighted by molar-refractivity contribution is 7.17. The molecule has 0 aliphatic carbocycles. The quantitative estimate of drug-likeness (QED) is 0.679. The number of aromatic nitrogens is 2. The number of rotatable bonds is 6.